The molecule has 5 nitrogen and oxygen atoms in total. The van der Waals surface area contributed by atoms with Gasteiger partial charge in [-0.3, -0.25) is 4.79 Å². The smallest absolute Gasteiger partial charge is 0.295 e. The van der Waals surface area contributed by atoms with Crippen molar-refractivity contribution in [3.63, 3.8) is 0 Å². The number of carbonyl (C=O) groups excluding carboxylic acids is 1. The van der Waals surface area contributed by atoms with E-state index in [-0.39, 0.29) is 11.6 Å². The van der Waals surface area contributed by atoms with Crippen LogP contribution >= 0.6 is 15.9 Å². The Bertz CT molecular complexity index is 1110. The summed E-state index contributed by atoms with van der Waals surface area (Å²) in [7, 11) is 0. The van der Waals surface area contributed by atoms with Crippen molar-refractivity contribution in [1.29, 1.82) is 0 Å². The molecule has 0 saturated heterocycles. The number of aromatic nitrogens is 3. The number of anilines is 1. The van der Waals surface area contributed by atoms with Crippen LogP contribution in [0.2, 0.25) is 0 Å². The van der Waals surface area contributed by atoms with Gasteiger partial charge in [0.05, 0.1) is 5.69 Å². The van der Waals surface area contributed by atoms with E-state index in [0.717, 1.165) is 15.7 Å². The topological polar surface area (TPSA) is 59.8 Å². The molecule has 0 spiro atoms. The van der Waals surface area contributed by atoms with Crippen LogP contribution in [0.25, 0.3) is 17.1 Å². The first-order valence-corrected chi connectivity index (χ1v) is 9.66. The number of amides is 1. The molecule has 1 aromatic heterocycles. The third-order valence-electron chi connectivity index (χ3n) is 4.38. The van der Waals surface area contributed by atoms with Crippen LogP contribution in [-0.2, 0) is 0 Å². The molecule has 0 radical (unpaired) electrons. The van der Waals surface area contributed by atoms with Crippen molar-refractivity contribution in [3.8, 4) is 17.1 Å². The summed E-state index contributed by atoms with van der Waals surface area (Å²) >= 11 is 3.41. The first-order chi connectivity index (χ1) is 14.0. The molecule has 0 unspecified atom stereocenters. The predicted molar refractivity (Wildman–Crippen MR) is 114 cm³/mol. The Morgan fingerprint density at radius 1 is 1.00 bits per heavy atom. The number of rotatable bonds is 4. The second-order valence-electron chi connectivity index (χ2n) is 6.42. The number of nitrogens with one attached hydrogen (secondary N) is 1. The van der Waals surface area contributed by atoms with E-state index < -0.39 is 5.91 Å². The van der Waals surface area contributed by atoms with Crippen LogP contribution in [0.5, 0.6) is 0 Å². The number of benzene rings is 3. The summed E-state index contributed by atoms with van der Waals surface area (Å²) in [4.78, 5) is 17.2. The summed E-state index contributed by atoms with van der Waals surface area (Å²) in [5.74, 6) is -0.294. The average Bonchev–Trinajstić information content (AvgIpc) is 3.16. The average molecular weight is 451 g/mol. The Morgan fingerprint density at radius 2 is 1.69 bits per heavy atom. The molecular weight excluding hydrogens is 435 g/mol. The molecule has 7 heteroatoms. The first-order valence-electron chi connectivity index (χ1n) is 8.87. The SMILES string of the molecule is Cc1ccccc1NC(=O)c1nc(-c2ccc(F)cc2)n(-c2ccc(Br)cc2)n1. The van der Waals surface area contributed by atoms with Gasteiger partial charge in [0, 0.05) is 15.7 Å². The van der Waals surface area contributed by atoms with Gasteiger partial charge in [-0.05, 0) is 67.1 Å². The molecule has 1 N–H and O–H groups in total. The van der Waals surface area contributed by atoms with Crippen molar-refractivity contribution in [2.75, 3.05) is 5.32 Å². The van der Waals surface area contributed by atoms with Gasteiger partial charge in [0.15, 0.2) is 5.82 Å². The summed E-state index contributed by atoms with van der Waals surface area (Å²) < 4.78 is 15.9. The second kappa shape index (κ2) is 7.97. The number of carbonyl (C=O) groups is 1. The van der Waals surface area contributed by atoms with Gasteiger partial charge in [0.25, 0.3) is 5.91 Å². The lowest BCUT2D eigenvalue weighted by molar-refractivity contribution is 0.101. The maximum absolute atomic E-state index is 13.4. The van der Waals surface area contributed by atoms with E-state index in [2.05, 4.69) is 31.3 Å². The Labute approximate surface area is 175 Å². The van der Waals surface area contributed by atoms with Crippen LogP contribution in [0.3, 0.4) is 0 Å². The Kier molecular flexibility index (Phi) is 5.22. The number of aryl methyl sites for hydroxylation is 1. The predicted octanol–water partition coefficient (Wildman–Crippen LogP) is 5.40. The van der Waals surface area contributed by atoms with Crippen molar-refractivity contribution in [2.45, 2.75) is 6.92 Å². The molecule has 29 heavy (non-hydrogen) atoms. The molecule has 144 valence electrons. The fourth-order valence-electron chi connectivity index (χ4n) is 2.85. The van der Waals surface area contributed by atoms with Crippen LogP contribution in [0.15, 0.2) is 77.3 Å². The van der Waals surface area contributed by atoms with E-state index in [1.165, 1.54) is 12.1 Å². The number of nitrogens with zero attached hydrogens (tertiary/aromatic N) is 3. The van der Waals surface area contributed by atoms with E-state index in [4.69, 9.17) is 0 Å². The molecule has 0 fully saturated rings. The van der Waals surface area contributed by atoms with Crippen molar-refractivity contribution in [3.05, 3.63) is 94.5 Å². The highest BCUT2D eigenvalue weighted by atomic mass is 79.9. The lowest BCUT2D eigenvalue weighted by Gasteiger charge is -2.06. The van der Waals surface area contributed by atoms with Crippen LogP contribution in [-0.4, -0.2) is 20.7 Å². The summed E-state index contributed by atoms with van der Waals surface area (Å²) in [6.45, 7) is 1.91. The molecule has 0 atom stereocenters. The van der Waals surface area contributed by atoms with Crippen molar-refractivity contribution < 1.29 is 9.18 Å². The highest BCUT2D eigenvalue weighted by Crippen LogP contribution is 2.23. The lowest BCUT2D eigenvalue weighted by Crippen LogP contribution is -2.15. The summed E-state index contributed by atoms with van der Waals surface area (Å²) in [5.41, 5.74) is 3.01. The Morgan fingerprint density at radius 3 is 2.38 bits per heavy atom. The molecule has 3 aromatic carbocycles. The van der Waals surface area contributed by atoms with E-state index in [9.17, 15) is 9.18 Å². The normalized spacial score (nSPS) is 10.7. The fourth-order valence-corrected chi connectivity index (χ4v) is 3.11. The molecule has 0 aliphatic heterocycles. The van der Waals surface area contributed by atoms with Crippen LogP contribution in [0.4, 0.5) is 10.1 Å². The molecule has 4 rings (SSSR count). The summed E-state index contributed by atoms with van der Waals surface area (Å²) in [5, 5.41) is 7.26. The molecule has 0 aliphatic rings. The van der Waals surface area contributed by atoms with Gasteiger partial charge in [-0.2, -0.15) is 0 Å². The second-order valence-corrected chi connectivity index (χ2v) is 7.34. The Balaban J connectivity index is 1.76. The molecule has 0 aliphatic carbocycles. The van der Waals surface area contributed by atoms with Gasteiger partial charge in [0.1, 0.15) is 5.82 Å². The monoisotopic (exact) mass is 450 g/mol. The van der Waals surface area contributed by atoms with Crippen molar-refractivity contribution in [1.82, 2.24) is 14.8 Å². The van der Waals surface area contributed by atoms with Gasteiger partial charge < -0.3 is 5.32 Å². The Hall–Kier alpha value is -3.32. The minimum absolute atomic E-state index is 0.0236. The zero-order valence-corrected chi connectivity index (χ0v) is 17.0. The third kappa shape index (κ3) is 4.09. The van der Waals surface area contributed by atoms with Gasteiger partial charge in [-0.25, -0.2) is 14.1 Å². The number of hydrogen-bond donors (Lipinski definition) is 1. The number of para-hydroxylation sites is 1. The molecule has 1 amide bonds. The highest BCUT2D eigenvalue weighted by molar-refractivity contribution is 9.10. The van der Waals surface area contributed by atoms with Gasteiger partial charge in [-0.15, -0.1) is 5.10 Å². The maximum atomic E-state index is 13.4. The van der Waals surface area contributed by atoms with Crippen LogP contribution < -0.4 is 5.32 Å². The molecule has 4 aromatic rings. The molecule has 0 saturated carbocycles. The van der Waals surface area contributed by atoms with Crippen molar-refractivity contribution >= 4 is 27.5 Å². The van der Waals surface area contributed by atoms with Gasteiger partial charge in [0.2, 0.25) is 5.82 Å². The van der Waals surface area contributed by atoms with Gasteiger partial charge in [-0.1, -0.05) is 34.1 Å². The highest BCUT2D eigenvalue weighted by Gasteiger charge is 2.19. The minimum atomic E-state index is -0.418. The zero-order chi connectivity index (χ0) is 20.4. The van der Waals surface area contributed by atoms with Gasteiger partial charge >= 0.3 is 0 Å². The van der Waals surface area contributed by atoms with E-state index in [1.807, 2.05) is 55.5 Å². The summed E-state index contributed by atoms with van der Waals surface area (Å²) in [6, 6.07) is 20.9. The zero-order valence-electron chi connectivity index (χ0n) is 15.4. The van der Waals surface area contributed by atoms with E-state index >= 15 is 0 Å². The quantitative estimate of drug-likeness (QED) is 0.452. The standard InChI is InChI=1S/C22H16BrFN4O/c1-14-4-2-3-5-19(14)25-22(29)20-26-21(15-6-10-17(24)11-7-15)28(27-20)18-12-8-16(23)9-13-18/h2-13H,1H3,(H,25,29). The molecular formula is C22H16BrFN4O. The fraction of sp³-hybridized carbons (Fsp3) is 0.0455. The molecule has 1 heterocycles. The summed E-state index contributed by atoms with van der Waals surface area (Å²) in [6.07, 6.45) is 0. The van der Waals surface area contributed by atoms with E-state index in [0.29, 0.717) is 17.1 Å². The number of hydrogen-bond acceptors (Lipinski definition) is 3. The molecule has 0 bridgehead atoms. The maximum Gasteiger partial charge on any atom is 0.295 e. The van der Waals surface area contributed by atoms with Crippen molar-refractivity contribution in [2.24, 2.45) is 0 Å². The lowest BCUT2D eigenvalue weighted by atomic mass is 10.2. The van der Waals surface area contributed by atoms with E-state index in [1.54, 1.807) is 16.8 Å². The minimum Gasteiger partial charge on any atom is -0.319 e. The third-order valence-corrected chi connectivity index (χ3v) is 4.91. The first kappa shape index (κ1) is 19.0. The van der Waals surface area contributed by atoms with Crippen LogP contribution in [0, 0.1) is 12.7 Å². The number of halogens is 2. The largest absolute Gasteiger partial charge is 0.319 e. The van der Waals surface area contributed by atoms with Crippen LogP contribution in [0.1, 0.15) is 16.2 Å².